The lowest BCUT2D eigenvalue weighted by atomic mass is 9.96. The number of aromatic amines is 1. The Morgan fingerprint density at radius 1 is 1.26 bits per heavy atom. The Labute approximate surface area is 156 Å². The molecule has 0 aliphatic carbocycles. The van der Waals surface area contributed by atoms with Crippen LogP contribution in [-0.2, 0) is 0 Å². The fraction of sp³-hybridized carbons (Fsp3) is 0.118. The molecule has 1 atom stereocenters. The van der Waals surface area contributed by atoms with Gasteiger partial charge in [-0.25, -0.2) is 5.10 Å². The van der Waals surface area contributed by atoms with E-state index in [9.17, 15) is 4.79 Å². The summed E-state index contributed by atoms with van der Waals surface area (Å²) in [4.78, 5) is 13.5. The molecule has 0 fully saturated rings. The van der Waals surface area contributed by atoms with E-state index in [1.165, 1.54) is 0 Å². The molecule has 0 saturated heterocycles. The average molecular weight is 379 g/mol. The Morgan fingerprint density at radius 3 is 3.00 bits per heavy atom. The van der Waals surface area contributed by atoms with E-state index in [4.69, 9.17) is 4.74 Å². The maximum absolute atomic E-state index is 12.5. The average Bonchev–Trinajstić information content (AvgIpc) is 3.39. The summed E-state index contributed by atoms with van der Waals surface area (Å²) in [6.45, 7) is 0. The maximum atomic E-state index is 12.5. The van der Waals surface area contributed by atoms with Gasteiger partial charge in [0.25, 0.3) is 5.56 Å². The van der Waals surface area contributed by atoms with Gasteiger partial charge in [-0.05, 0) is 34.0 Å². The number of thiophene rings is 1. The Morgan fingerprint density at radius 2 is 2.19 bits per heavy atom. The van der Waals surface area contributed by atoms with Gasteiger partial charge in [-0.15, -0.1) is 11.3 Å². The van der Waals surface area contributed by atoms with Gasteiger partial charge in [-0.2, -0.15) is 9.78 Å². The fourth-order valence-corrected chi connectivity index (χ4v) is 4.06. The van der Waals surface area contributed by atoms with E-state index in [1.54, 1.807) is 23.1 Å². The number of hydrogen-bond donors (Lipinski definition) is 2. The lowest BCUT2D eigenvalue weighted by Gasteiger charge is -2.26. The summed E-state index contributed by atoms with van der Waals surface area (Å²) in [7, 11) is 1.61. The van der Waals surface area contributed by atoms with Crippen LogP contribution >= 0.6 is 11.3 Å². The number of tetrazole rings is 1. The molecule has 0 spiro atoms. The number of methoxy groups -OCH3 is 1. The molecule has 134 valence electrons. The van der Waals surface area contributed by atoms with Crippen molar-refractivity contribution >= 4 is 23.0 Å². The van der Waals surface area contributed by atoms with Crippen LogP contribution in [0.1, 0.15) is 16.5 Å². The number of nitrogens with one attached hydrogen (secondary N) is 2. The normalized spacial score (nSPS) is 14.9. The van der Waals surface area contributed by atoms with E-state index in [0.29, 0.717) is 28.6 Å². The highest BCUT2D eigenvalue weighted by Crippen LogP contribution is 2.42. The van der Waals surface area contributed by atoms with Crippen molar-refractivity contribution in [3.05, 3.63) is 62.6 Å². The molecule has 1 aliphatic rings. The number of hydrogen-bond acceptors (Lipinski definition) is 8. The molecule has 0 unspecified atom stereocenters. The third-order valence-corrected chi connectivity index (χ3v) is 5.35. The van der Waals surface area contributed by atoms with Gasteiger partial charge in [-0.3, -0.25) is 4.79 Å². The van der Waals surface area contributed by atoms with Crippen LogP contribution in [0.25, 0.3) is 11.3 Å². The van der Waals surface area contributed by atoms with Gasteiger partial charge in [0.2, 0.25) is 5.95 Å². The topological polar surface area (TPSA) is 111 Å². The number of H-pyrrole nitrogens is 1. The molecule has 0 saturated carbocycles. The van der Waals surface area contributed by atoms with E-state index in [-0.39, 0.29) is 11.6 Å². The van der Waals surface area contributed by atoms with Gasteiger partial charge < -0.3 is 10.1 Å². The lowest BCUT2D eigenvalue weighted by molar-refractivity contribution is 0.415. The summed E-state index contributed by atoms with van der Waals surface area (Å²) >= 11 is 1.57. The van der Waals surface area contributed by atoms with Crippen molar-refractivity contribution < 1.29 is 4.74 Å². The van der Waals surface area contributed by atoms with Crippen molar-refractivity contribution in [2.45, 2.75) is 6.04 Å². The van der Waals surface area contributed by atoms with Crippen LogP contribution in [-0.4, -0.2) is 37.5 Å². The number of rotatable bonds is 3. The largest absolute Gasteiger partial charge is 0.497 e. The van der Waals surface area contributed by atoms with Gasteiger partial charge in [-0.1, -0.05) is 23.3 Å². The molecule has 0 radical (unpaired) electrons. The zero-order valence-electron chi connectivity index (χ0n) is 14.1. The highest BCUT2D eigenvalue weighted by Gasteiger charge is 2.34. The minimum atomic E-state index is -0.359. The van der Waals surface area contributed by atoms with Gasteiger partial charge in [0.05, 0.1) is 12.8 Å². The van der Waals surface area contributed by atoms with Crippen molar-refractivity contribution in [2.24, 2.45) is 0 Å². The van der Waals surface area contributed by atoms with Crippen LogP contribution < -0.4 is 15.6 Å². The highest BCUT2D eigenvalue weighted by atomic mass is 32.1. The van der Waals surface area contributed by atoms with E-state index in [2.05, 4.69) is 31.0 Å². The summed E-state index contributed by atoms with van der Waals surface area (Å²) < 4.78 is 7.00. The second-order valence-corrected chi connectivity index (χ2v) is 6.89. The monoisotopic (exact) mass is 379 g/mol. The van der Waals surface area contributed by atoms with E-state index >= 15 is 0 Å². The zero-order chi connectivity index (χ0) is 18.4. The molecule has 0 bridgehead atoms. The first-order valence-electron chi connectivity index (χ1n) is 8.11. The lowest BCUT2D eigenvalue weighted by Crippen LogP contribution is -2.28. The van der Waals surface area contributed by atoms with E-state index in [1.807, 2.05) is 41.8 Å². The zero-order valence-corrected chi connectivity index (χ0v) is 14.9. The number of nitrogens with zero attached hydrogens (tertiary/aromatic N) is 5. The van der Waals surface area contributed by atoms with Gasteiger partial charge >= 0.3 is 0 Å². The Bertz CT molecular complexity index is 1180. The van der Waals surface area contributed by atoms with E-state index in [0.717, 1.165) is 10.4 Å². The summed E-state index contributed by atoms with van der Waals surface area (Å²) in [6.07, 6.45) is 0. The second kappa shape index (κ2) is 6.02. The predicted molar refractivity (Wildman–Crippen MR) is 99.5 cm³/mol. The van der Waals surface area contributed by atoms with Crippen molar-refractivity contribution in [1.82, 2.24) is 30.4 Å². The molecule has 1 aliphatic heterocycles. The van der Waals surface area contributed by atoms with Crippen LogP contribution in [0.4, 0.5) is 11.6 Å². The summed E-state index contributed by atoms with van der Waals surface area (Å²) in [6, 6.07) is 11.1. The van der Waals surface area contributed by atoms with Crippen molar-refractivity contribution in [3.63, 3.8) is 0 Å². The third kappa shape index (κ3) is 2.41. The molecule has 9 nitrogen and oxygen atoms in total. The molecule has 2 N–H and O–H groups in total. The van der Waals surface area contributed by atoms with Crippen LogP contribution in [0.3, 0.4) is 0 Å². The summed E-state index contributed by atoms with van der Waals surface area (Å²) in [5, 5.41) is 23.8. The number of ether oxygens (including phenoxy) is 1. The highest BCUT2D eigenvalue weighted by molar-refractivity contribution is 7.10. The maximum Gasteiger partial charge on any atom is 0.288 e. The van der Waals surface area contributed by atoms with Crippen molar-refractivity contribution in [1.29, 1.82) is 0 Å². The minimum absolute atomic E-state index is 0.326. The predicted octanol–water partition coefficient (Wildman–Crippen LogP) is 2.19. The molecule has 0 amide bonds. The Balaban J connectivity index is 1.81. The molecule has 1 aromatic carbocycles. The number of anilines is 2. The van der Waals surface area contributed by atoms with Crippen molar-refractivity contribution in [3.8, 4) is 17.0 Å². The first kappa shape index (κ1) is 15.7. The summed E-state index contributed by atoms with van der Waals surface area (Å²) in [5.41, 5.74) is 2.24. The van der Waals surface area contributed by atoms with Gasteiger partial charge in [0, 0.05) is 16.0 Å². The quantitative estimate of drug-likeness (QED) is 0.494. The number of benzene rings is 1. The van der Waals surface area contributed by atoms with Crippen molar-refractivity contribution in [2.75, 3.05) is 12.4 Å². The standard InChI is InChI=1S/C17H13N7O2S/c1-26-10-5-2-4-9(8-10)13-12-14(16(25)20-19-13)18-17-21-22-23-24(17)15(12)11-6-3-7-27-11/h2-8,15H,1H3,(H,20,25)(H,18,21,23)/t15-/m1/s1. The first-order valence-corrected chi connectivity index (χ1v) is 8.99. The van der Waals surface area contributed by atoms with Crippen LogP contribution in [0.5, 0.6) is 5.75 Å². The molecule has 3 aromatic heterocycles. The van der Waals surface area contributed by atoms with Gasteiger partial charge in [0.1, 0.15) is 17.5 Å². The van der Waals surface area contributed by atoms with Gasteiger partial charge in [0.15, 0.2) is 0 Å². The molecule has 27 heavy (non-hydrogen) atoms. The third-order valence-electron chi connectivity index (χ3n) is 4.42. The number of aromatic nitrogens is 6. The van der Waals surface area contributed by atoms with Crippen LogP contribution in [0, 0.1) is 0 Å². The van der Waals surface area contributed by atoms with E-state index < -0.39 is 0 Å². The van der Waals surface area contributed by atoms with Crippen LogP contribution in [0.2, 0.25) is 0 Å². The SMILES string of the molecule is COc1cccc(-c2n[nH]c(=O)c3c2[C@@H](c2cccs2)n2nnnc2N3)c1. The molecule has 5 rings (SSSR count). The molecule has 4 aromatic rings. The number of fused-ring (bicyclic) bond motifs is 2. The molecule has 10 heteroatoms. The first-order chi connectivity index (χ1) is 13.3. The molecular formula is C17H13N7O2S. The second-order valence-electron chi connectivity index (χ2n) is 5.91. The fourth-order valence-electron chi connectivity index (χ4n) is 3.24. The molecular weight excluding hydrogens is 366 g/mol. The smallest absolute Gasteiger partial charge is 0.288 e. The Hall–Kier alpha value is -3.53. The van der Waals surface area contributed by atoms with Crippen LogP contribution in [0.15, 0.2) is 46.6 Å². The molecule has 4 heterocycles. The Kier molecular flexibility index (Phi) is 3.50. The minimum Gasteiger partial charge on any atom is -0.497 e. The summed E-state index contributed by atoms with van der Waals surface area (Å²) in [5.74, 6) is 1.11.